The summed E-state index contributed by atoms with van der Waals surface area (Å²) in [6.07, 6.45) is -9.20. The fraction of sp³-hybridized carbons (Fsp3) is 0.477. The zero-order valence-corrected chi connectivity index (χ0v) is 71.8. The molecule has 0 bridgehead atoms. The van der Waals surface area contributed by atoms with Gasteiger partial charge in [0.05, 0.1) is 153 Å². The summed E-state index contributed by atoms with van der Waals surface area (Å²) in [5.74, 6) is -3.60. The van der Waals surface area contributed by atoms with Crippen molar-refractivity contribution >= 4 is 106 Å². The van der Waals surface area contributed by atoms with Gasteiger partial charge in [0.1, 0.15) is 35.9 Å². The van der Waals surface area contributed by atoms with E-state index in [1.165, 1.54) is 59.5 Å². The number of anilines is 2. The van der Waals surface area contributed by atoms with Crippen LogP contribution in [0.4, 0.5) is 11.4 Å². The SMILES string of the molecule is Cc1ccc(S(=O)(=O)CCC(=O)c2ccc(C(=O)NCCOCCOCCOCCOCc3cn(CCOCCOCCOCCNC(=O)c4ccc(O[C@H]5C[C@@H](O)[C@@H](O)[C@@H](CO)O5)c(OS(=O)(=O)Oc5cc6c(c7ccccc57)[C@H](CCl)CN6C(=O)CCCC(=O)N5C[C@@H](CCl)c6c5cc(OC5C[C@@H](O)[C@@H](O)[C@@H](CO)O5)c5ccccc65)c4)nn3)cc2)cc1. The molecule has 4 aliphatic heterocycles. The van der Waals surface area contributed by atoms with E-state index < -0.39 is 106 Å². The minimum atomic E-state index is -5.23. The molecule has 5 heterocycles. The number of alkyl halides is 2. The molecule has 676 valence electrons. The molecule has 0 saturated carbocycles. The number of nitrogens with zero attached hydrogens (tertiary/aromatic N) is 5. The molecule has 2 fully saturated rings. The van der Waals surface area contributed by atoms with Crippen molar-refractivity contribution in [3.05, 3.63) is 173 Å². The number of halogens is 2. The lowest BCUT2D eigenvalue weighted by atomic mass is 9.95. The van der Waals surface area contributed by atoms with Crippen molar-refractivity contribution in [3.8, 4) is 23.0 Å². The number of hydrogen-bond acceptors (Lipinski definition) is 30. The Balaban J connectivity index is 0.537. The number of Topliss-reactive ketones (excluding diaryl/α,β-unsaturated/α-hetero) is 1. The largest absolute Gasteiger partial charge is 0.501 e. The number of carbonyl (C=O) groups excluding carboxylic acids is 5. The van der Waals surface area contributed by atoms with E-state index in [-0.39, 0.29) is 174 Å². The second-order valence-corrected chi connectivity index (χ2v) is 33.9. The molecule has 1 unspecified atom stereocenters. The molecular formula is C86H103Cl2N7O28S2. The predicted molar refractivity (Wildman–Crippen MR) is 454 cm³/mol. The Labute approximate surface area is 732 Å². The van der Waals surface area contributed by atoms with Crippen molar-refractivity contribution in [3.63, 3.8) is 0 Å². The number of aryl methyl sites for hydroxylation is 1. The smallest absolute Gasteiger partial charge is 0.464 e. The Morgan fingerprint density at radius 3 is 1.50 bits per heavy atom. The van der Waals surface area contributed by atoms with Crippen LogP contribution in [0.15, 0.2) is 138 Å². The van der Waals surface area contributed by atoms with E-state index in [4.69, 9.17) is 83.7 Å². The number of sulfone groups is 1. The maximum Gasteiger partial charge on any atom is 0.501 e. The van der Waals surface area contributed by atoms with Gasteiger partial charge in [-0.2, -0.15) is 0 Å². The van der Waals surface area contributed by atoms with Gasteiger partial charge >= 0.3 is 10.4 Å². The summed E-state index contributed by atoms with van der Waals surface area (Å²) in [6.45, 7) is 5.39. The Morgan fingerprint density at radius 2 is 0.968 bits per heavy atom. The van der Waals surface area contributed by atoms with Crippen LogP contribution in [0.2, 0.25) is 0 Å². The lowest BCUT2D eigenvalue weighted by molar-refractivity contribution is -0.230. The van der Waals surface area contributed by atoms with Crippen LogP contribution in [-0.2, 0) is 85.6 Å². The molecule has 2 saturated heterocycles. The van der Waals surface area contributed by atoms with E-state index in [0.717, 1.165) is 22.6 Å². The molecule has 1 aromatic heterocycles. The van der Waals surface area contributed by atoms with Crippen LogP contribution in [0.1, 0.15) is 104 Å². The van der Waals surface area contributed by atoms with Crippen molar-refractivity contribution in [1.82, 2.24) is 25.6 Å². The Morgan fingerprint density at radius 1 is 0.512 bits per heavy atom. The molecule has 8 N–H and O–H groups in total. The van der Waals surface area contributed by atoms with Gasteiger partial charge in [-0.25, -0.2) is 13.1 Å². The fourth-order valence-electron chi connectivity index (χ4n) is 14.8. The van der Waals surface area contributed by atoms with Crippen LogP contribution in [0, 0.1) is 6.92 Å². The number of carbonyl (C=O) groups is 5. The van der Waals surface area contributed by atoms with Gasteiger partial charge in [0.2, 0.25) is 24.4 Å². The summed E-state index contributed by atoms with van der Waals surface area (Å²) >= 11 is 13.2. The Kier molecular flexibility index (Phi) is 34.9. The first-order valence-corrected chi connectivity index (χ1v) is 45.1. The Bertz CT molecular complexity index is 5200. The third-order valence-electron chi connectivity index (χ3n) is 21.2. The number of ketones is 1. The number of benzene rings is 7. The maximum atomic E-state index is 14.5. The third kappa shape index (κ3) is 25.6. The highest BCUT2D eigenvalue weighted by molar-refractivity contribution is 7.91. The van der Waals surface area contributed by atoms with E-state index >= 15 is 0 Å². The standard InChI is InChI=1S/C86H103Cl2N7O28S2/c1-54-13-20-61(21-14-54)124(107,108)40-23-68(98)55-15-17-56(18-16-55)85(105)89-24-27-111-31-34-115-36-37-116-38-39-117-53-60-50-93(92-91-60)26-29-113-32-35-114-33-30-112-28-25-90-86(106)57-19-22-71(118-79-44-69(99)83(103)75(51-96)120-79)74(41-57)123-125(109,110)122-73-43-67-82(65-10-5-3-8-63(65)73)59(47-88)49-95(67)78(102)12-6-11-77(101)94-48-58(46-87)81-64-9-4-2-7-62(64)72(42-66(81)94)119-80-45-70(100)84(104)76(52-97)121-80/h2-5,7-10,13-22,41-43,50,58-59,69-70,75-76,79-80,83-84,96-97,99-100,103-104H,6,11-12,23-40,44-49,51-53H2,1H3,(H,89,105)(H,90,106)/t58-,59-,69-,70-,75-,76-,79-,80?,83-,84-/m1/s1. The van der Waals surface area contributed by atoms with Crippen LogP contribution in [0.25, 0.3) is 21.5 Å². The number of aromatic nitrogens is 3. The van der Waals surface area contributed by atoms with Gasteiger partial charge in [-0.3, -0.25) is 24.0 Å². The normalized spacial score (nSPS) is 20.0. The van der Waals surface area contributed by atoms with Crippen LogP contribution >= 0.6 is 23.2 Å². The zero-order chi connectivity index (χ0) is 88.6. The monoisotopic (exact) mass is 1820 g/mol. The molecule has 4 aliphatic rings. The summed E-state index contributed by atoms with van der Waals surface area (Å²) in [5.41, 5.74) is 4.43. The van der Waals surface area contributed by atoms with Gasteiger partial charge in [0, 0.05) is 121 Å². The number of ether oxygens (including phenoxy) is 11. The van der Waals surface area contributed by atoms with Crippen LogP contribution in [0.5, 0.6) is 23.0 Å². The number of fused-ring (bicyclic) bond motifs is 6. The molecule has 0 spiro atoms. The van der Waals surface area contributed by atoms with Crippen molar-refractivity contribution in [2.75, 3.05) is 153 Å². The van der Waals surface area contributed by atoms with E-state index in [2.05, 4.69) is 20.9 Å². The molecule has 125 heavy (non-hydrogen) atoms. The van der Waals surface area contributed by atoms with Crippen LogP contribution < -0.4 is 38.3 Å². The molecule has 12 rings (SSSR count). The lowest BCUT2D eigenvalue weighted by Crippen LogP contribution is -2.51. The average Bonchev–Trinajstić information content (AvgIpc) is 1.62. The van der Waals surface area contributed by atoms with E-state index in [1.807, 2.05) is 31.2 Å². The molecule has 7 aromatic carbocycles. The van der Waals surface area contributed by atoms with Gasteiger partial charge < -0.3 is 112 Å². The maximum absolute atomic E-state index is 14.5. The number of rotatable bonds is 49. The second-order valence-electron chi connectivity index (χ2n) is 30.0. The minimum absolute atomic E-state index is 0.0112. The van der Waals surface area contributed by atoms with Crippen molar-refractivity contribution in [2.24, 2.45) is 0 Å². The number of aliphatic hydroxyl groups is 6. The summed E-state index contributed by atoms with van der Waals surface area (Å²) in [5, 5.41) is 77.8. The van der Waals surface area contributed by atoms with Crippen molar-refractivity contribution in [1.29, 1.82) is 0 Å². The first-order valence-electron chi connectivity index (χ1n) is 41.1. The minimum Gasteiger partial charge on any atom is -0.464 e. The third-order valence-corrected chi connectivity index (χ3v) is 24.5. The molecule has 8 aromatic rings. The lowest BCUT2D eigenvalue weighted by Gasteiger charge is -2.36. The highest BCUT2D eigenvalue weighted by Gasteiger charge is 2.42. The molecule has 10 atom stereocenters. The average molecular weight is 1820 g/mol. The predicted octanol–water partition coefficient (Wildman–Crippen LogP) is 5.74. The number of hydrogen-bond donors (Lipinski definition) is 8. The second kappa shape index (κ2) is 46.0. The van der Waals surface area contributed by atoms with Crippen molar-refractivity contribution in [2.45, 2.75) is 125 Å². The first-order chi connectivity index (χ1) is 60.4. The number of nitrogens with one attached hydrogen (secondary N) is 2. The van der Waals surface area contributed by atoms with Gasteiger partial charge in [0.15, 0.2) is 32.9 Å². The van der Waals surface area contributed by atoms with Crippen molar-refractivity contribution < 1.29 is 132 Å². The molecular weight excluding hydrogens is 1710 g/mol. The summed E-state index contributed by atoms with van der Waals surface area (Å²) < 4.78 is 130. The topological polar surface area (TPSA) is 456 Å². The van der Waals surface area contributed by atoms with E-state index in [0.29, 0.717) is 108 Å². The summed E-state index contributed by atoms with van der Waals surface area (Å²) in [7, 11) is -8.84. The van der Waals surface area contributed by atoms with E-state index in [9.17, 15) is 71.4 Å². The molecule has 39 heteroatoms. The summed E-state index contributed by atoms with van der Waals surface area (Å²) in [6, 6.07) is 33.4. The van der Waals surface area contributed by atoms with Gasteiger partial charge in [0.25, 0.3) is 11.8 Å². The first kappa shape index (κ1) is 94.9. The van der Waals surface area contributed by atoms with E-state index in [1.54, 1.807) is 58.2 Å². The summed E-state index contributed by atoms with van der Waals surface area (Å²) in [4.78, 5) is 71.2. The highest BCUT2D eigenvalue weighted by atomic mass is 35.5. The Hall–Kier alpha value is -9.17. The fourth-order valence-corrected chi connectivity index (χ4v) is 17.3. The quantitative estimate of drug-likeness (QED) is 0.0128. The van der Waals surface area contributed by atoms with Gasteiger partial charge in [-0.1, -0.05) is 83.6 Å². The van der Waals surface area contributed by atoms with Gasteiger partial charge in [-0.15, -0.1) is 36.7 Å². The number of amides is 4. The molecule has 4 amide bonds. The highest BCUT2D eigenvalue weighted by Crippen LogP contribution is 2.49. The van der Waals surface area contributed by atoms with Crippen LogP contribution in [0.3, 0.4) is 0 Å². The molecule has 0 radical (unpaired) electrons. The van der Waals surface area contributed by atoms with Crippen LogP contribution in [-0.4, -0.2) is 284 Å². The molecule has 0 aliphatic carbocycles. The van der Waals surface area contributed by atoms with Gasteiger partial charge in [-0.05, 0) is 77.7 Å². The zero-order valence-electron chi connectivity index (χ0n) is 68.7. The number of aliphatic hydroxyl groups excluding tert-OH is 6. The molecule has 35 nitrogen and oxygen atoms in total.